The molecule has 2 saturated heterocycles. The van der Waals surface area contributed by atoms with Crippen LogP contribution in [0.5, 0.6) is 11.5 Å². The predicted octanol–water partition coefficient (Wildman–Crippen LogP) is 2.26. The Balaban J connectivity index is 1.63. The Labute approximate surface area is 168 Å². The van der Waals surface area contributed by atoms with E-state index in [2.05, 4.69) is 15.6 Å². The van der Waals surface area contributed by atoms with Gasteiger partial charge >= 0.3 is 5.97 Å². The lowest BCUT2D eigenvalue weighted by molar-refractivity contribution is 0.0686. The molecule has 0 amide bonds. The van der Waals surface area contributed by atoms with Crippen molar-refractivity contribution in [1.82, 2.24) is 15.6 Å². The lowest BCUT2D eigenvalue weighted by Gasteiger charge is -2.20. The van der Waals surface area contributed by atoms with Gasteiger partial charge in [0, 0.05) is 12.1 Å². The lowest BCUT2D eigenvalue weighted by atomic mass is 10.1. The van der Waals surface area contributed by atoms with Crippen LogP contribution in [0.15, 0.2) is 12.4 Å². The highest BCUT2D eigenvalue weighted by Crippen LogP contribution is 2.29. The minimum Gasteiger partial charge on any atom is -0.489 e. The van der Waals surface area contributed by atoms with Gasteiger partial charge in [-0.1, -0.05) is 0 Å². The Morgan fingerprint density at radius 3 is 1.93 bits per heavy atom. The Bertz CT molecular complexity index is 593. The summed E-state index contributed by atoms with van der Waals surface area (Å²) < 4.78 is 11.4. The van der Waals surface area contributed by atoms with Crippen LogP contribution in [0.1, 0.15) is 36.0 Å². The fraction of sp³-hybridized carbons (Fsp3) is 0.667. The number of aromatic carboxylic acids is 1. The van der Waals surface area contributed by atoms with E-state index in [1.165, 1.54) is 12.4 Å². The van der Waals surface area contributed by atoms with Crippen molar-refractivity contribution in [3.63, 3.8) is 0 Å². The molecule has 0 aromatic carbocycles. The molecule has 1 aromatic heterocycles. The van der Waals surface area contributed by atoms with Crippen LogP contribution in [0.25, 0.3) is 0 Å². The molecule has 1 aromatic rings. The first-order valence-electron chi connectivity index (χ1n) is 9.28. The molecule has 7 nitrogen and oxygen atoms in total. The van der Waals surface area contributed by atoms with E-state index < -0.39 is 5.97 Å². The largest absolute Gasteiger partial charge is 0.489 e. The molecule has 0 saturated carbocycles. The van der Waals surface area contributed by atoms with Gasteiger partial charge in [-0.2, -0.15) is 0 Å². The van der Waals surface area contributed by atoms with Crippen molar-refractivity contribution in [2.24, 2.45) is 0 Å². The number of halogens is 2. The maximum Gasteiger partial charge on any atom is 0.343 e. The molecule has 0 radical (unpaired) electrons. The first kappa shape index (κ1) is 20.5. The van der Waals surface area contributed by atoms with Gasteiger partial charge in [0.05, 0.1) is 23.1 Å². The maximum absolute atomic E-state index is 11.8. The Hall–Kier alpha value is -1.28. The van der Waals surface area contributed by atoms with Crippen LogP contribution in [0.2, 0.25) is 0 Å². The highest BCUT2D eigenvalue weighted by atomic mass is 35.5. The summed E-state index contributed by atoms with van der Waals surface area (Å²) in [6.45, 7) is 2.26. The van der Waals surface area contributed by atoms with E-state index in [0.717, 1.165) is 38.8 Å². The third-order valence-corrected chi connectivity index (χ3v) is 5.82. The van der Waals surface area contributed by atoms with Gasteiger partial charge in [-0.25, -0.2) is 4.79 Å². The van der Waals surface area contributed by atoms with Gasteiger partial charge in [0.1, 0.15) is 18.8 Å². The van der Waals surface area contributed by atoms with Gasteiger partial charge in [-0.05, 0) is 38.8 Å². The SMILES string of the molecule is O=C(O)c1c(OCC(Cl)C2CCCN2)cncc1OCC(Cl)C1CCCN1. The number of carbonyl (C=O) groups is 1. The van der Waals surface area contributed by atoms with Crippen molar-refractivity contribution >= 4 is 29.2 Å². The third kappa shape index (κ3) is 5.38. The smallest absolute Gasteiger partial charge is 0.343 e. The van der Waals surface area contributed by atoms with Crippen molar-refractivity contribution in [2.45, 2.75) is 48.5 Å². The second-order valence-corrected chi connectivity index (χ2v) is 8.00. The molecule has 2 aliphatic rings. The first-order chi connectivity index (χ1) is 13.1. The first-order valence-corrected chi connectivity index (χ1v) is 10.2. The zero-order chi connectivity index (χ0) is 19.2. The Kier molecular flexibility index (Phi) is 7.41. The second-order valence-electron chi connectivity index (χ2n) is 6.88. The van der Waals surface area contributed by atoms with Gasteiger partial charge < -0.3 is 25.2 Å². The van der Waals surface area contributed by atoms with Gasteiger partial charge in [0.25, 0.3) is 0 Å². The van der Waals surface area contributed by atoms with Crippen LogP contribution in [0, 0.1) is 0 Å². The number of nitrogens with zero attached hydrogens (tertiary/aromatic N) is 1. The fourth-order valence-electron chi connectivity index (χ4n) is 3.46. The van der Waals surface area contributed by atoms with Gasteiger partial charge in [-0.15, -0.1) is 23.2 Å². The molecule has 4 unspecified atom stereocenters. The van der Waals surface area contributed by atoms with Crippen molar-refractivity contribution < 1.29 is 19.4 Å². The molecule has 3 N–H and O–H groups in total. The lowest BCUT2D eigenvalue weighted by Crippen LogP contribution is -2.35. The minimum atomic E-state index is -1.14. The number of carboxylic acid groups (broad SMARTS) is 1. The van der Waals surface area contributed by atoms with Crippen molar-refractivity contribution in [1.29, 1.82) is 0 Å². The van der Waals surface area contributed by atoms with Crippen molar-refractivity contribution in [3.8, 4) is 11.5 Å². The van der Waals surface area contributed by atoms with Crippen molar-refractivity contribution in [2.75, 3.05) is 26.3 Å². The summed E-state index contributed by atoms with van der Waals surface area (Å²) in [7, 11) is 0. The summed E-state index contributed by atoms with van der Waals surface area (Å²) in [5, 5.41) is 15.7. The second kappa shape index (κ2) is 9.78. The van der Waals surface area contributed by atoms with Crippen LogP contribution in [0.3, 0.4) is 0 Å². The number of ether oxygens (including phenoxy) is 2. The van der Waals surface area contributed by atoms with E-state index in [9.17, 15) is 9.90 Å². The van der Waals surface area contributed by atoms with Crippen LogP contribution in [-0.4, -0.2) is 65.2 Å². The molecule has 0 spiro atoms. The van der Waals surface area contributed by atoms with E-state index in [1.54, 1.807) is 0 Å². The van der Waals surface area contributed by atoms with Crippen LogP contribution < -0.4 is 20.1 Å². The highest BCUT2D eigenvalue weighted by molar-refractivity contribution is 6.21. The van der Waals surface area contributed by atoms with Crippen LogP contribution in [-0.2, 0) is 0 Å². The third-order valence-electron chi connectivity index (χ3n) is 4.96. The summed E-state index contributed by atoms with van der Waals surface area (Å²) in [6.07, 6.45) is 6.87. The average Bonchev–Trinajstić information content (AvgIpc) is 3.37. The number of hydrogen-bond donors (Lipinski definition) is 3. The maximum atomic E-state index is 11.8. The van der Waals surface area contributed by atoms with Gasteiger partial charge in [-0.3, -0.25) is 4.98 Å². The molecule has 27 heavy (non-hydrogen) atoms. The molecule has 0 aliphatic carbocycles. The summed E-state index contributed by atoms with van der Waals surface area (Å²) in [4.78, 5) is 15.8. The molecular weight excluding hydrogens is 393 g/mol. The molecule has 3 rings (SSSR count). The average molecular weight is 418 g/mol. The fourth-order valence-corrected chi connectivity index (χ4v) is 4.02. The summed E-state index contributed by atoms with van der Waals surface area (Å²) in [5.74, 6) is -0.847. The van der Waals surface area contributed by atoms with E-state index >= 15 is 0 Å². The summed E-state index contributed by atoms with van der Waals surface area (Å²) >= 11 is 12.7. The summed E-state index contributed by atoms with van der Waals surface area (Å²) in [5.41, 5.74) is -0.0588. The zero-order valence-electron chi connectivity index (χ0n) is 15.0. The standard InChI is InChI=1S/C18H25Cl2N3O4/c19-11(13-3-1-5-22-13)9-26-15-7-21-8-16(17(15)18(24)25)27-10-12(20)14-4-2-6-23-14/h7-8,11-14,22-23H,1-6,9-10H2,(H,24,25). The van der Waals surface area contributed by atoms with E-state index in [4.69, 9.17) is 32.7 Å². The highest BCUT2D eigenvalue weighted by Gasteiger charge is 2.27. The molecule has 3 heterocycles. The van der Waals surface area contributed by atoms with Crippen molar-refractivity contribution in [3.05, 3.63) is 18.0 Å². The molecule has 2 fully saturated rings. The van der Waals surface area contributed by atoms with Crippen LogP contribution >= 0.6 is 23.2 Å². The predicted molar refractivity (Wildman–Crippen MR) is 104 cm³/mol. The topological polar surface area (TPSA) is 92.7 Å². The molecule has 9 heteroatoms. The summed E-state index contributed by atoms with van der Waals surface area (Å²) in [6, 6.07) is 0.339. The number of hydrogen-bond acceptors (Lipinski definition) is 6. The number of alkyl halides is 2. The number of aromatic nitrogens is 1. The Morgan fingerprint density at radius 2 is 1.56 bits per heavy atom. The quantitative estimate of drug-likeness (QED) is 0.530. The monoisotopic (exact) mass is 417 g/mol. The number of nitrogens with one attached hydrogen (secondary N) is 2. The molecule has 150 valence electrons. The van der Waals surface area contributed by atoms with E-state index in [-0.39, 0.29) is 53.1 Å². The number of rotatable bonds is 9. The number of carboxylic acids is 1. The Morgan fingerprint density at radius 1 is 1.07 bits per heavy atom. The molecular formula is C18H25Cl2N3O4. The minimum absolute atomic E-state index is 0.0588. The van der Waals surface area contributed by atoms with Gasteiger partial charge in [0.2, 0.25) is 0 Å². The van der Waals surface area contributed by atoms with E-state index in [1.807, 2.05) is 0 Å². The molecule has 2 aliphatic heterocycles. The van der Waals surface area contributed by atoms with E-state index in [0.29, 0.717) is 0 Å². The zero-order valence-corrected chi connectivity index (χ0v) is 16.5. The van der Waals surface area contributed by atoms with Crippen LogP contribution in [0.4, 0.5) is 0 Å². The number of pyridine rings is 1. The van der Waals surface area contributed by atoms with Gasteiger partial charge in [0.15, 0.2) is 11.5 Å². The molecule has 0 bridgehead atoms. The normalized spacial score (nSPS) is 24.5. The molecule has 4 atom stereocenters.